The average Bonchev–Trinajstić information content (AvgIpc) is 3.25. The summed E-state index contributed by atoms with van der Waals surface area (Å²) in [7, 11) is 0. The Bertz CT molecular complexity index is 364. The highest BCUT2D eigenvalue weighted by Crippen LogP contribution is 2.43. The zero-order valence-corrected chi connectivity index (χ0v) is 14.0. The van der Waals surface area contributed by atoms with E-state index in [1.54, 1.807) is 0 Å². The van der Waals surface area contributed by atoms with Crippen molar-refractivity contribution in [1.82, 2.24) is 10.2 Å². The van der Waals surface area contributed by atoms with Crippen LogP contribution in [0.1, 0.15) is 59.3 Å². The summed E-state index contributed by atoms with van der Waals surface area (Å²) >= 11 is 0. The van der Waals surface area contributed by atoms with Crippen LogP contribution in [0.2, 0.25) is 0 Å². The molecule has 21 heavy (non-hydrogen) atoms. The largest absolute Gasteiger partial charge is 0.480 e. The Morgan fingerprint density at radius 2 is 2.00 bits per heavy atom. The summed E-state index contributed by atoms with van der Waals surface area (Å²) in [5, 5.41) is 13.3. The van der Waals surface area contributed by atoms with Crippen molar-refractivity contribution in [2.24, 2.45) is 11.3 Å². The van der Waals surface area contributed by atoms with Crippen molar-refractivity contribution >= 4 is 5.97 Å². The lowest BCUT2D eigenvalue weighted by Gasteiger charge is -2.36. The van der Waals surface area contributed by atoms with Gasteiger partial charge in [0.05, 0.1) is 0 Å². The minimum absolute atomic E-state index is 0.319. The minimum atomic E-state index is -0.715. The smallest absolute Gasteiger partial charge is 0.325 e. The highest BCUT2D eigenvalue weighted by Gasteiger charge is 2.52. The van der Waals surface area contributed by atoms with E-state index in [1.165, 1.54) is 19.3 Å². The van der Waals surface area contributed by atoms with Gasteiger partial charge in [-0.3, -0.25) is 4.79 Å². The number of nitrogens with zero attached hydrogens (tertiary/aromatic N) is 1. The van der Waals surface area contributed by atoms with Crippen LogP contribution in [0.4, 0.5) is 0 Å². The summed E-state index contributed by atoms with van der Waals surface area (Å²) in [6.07, 6.45) is 6.72. The van der Waals surface area contributed by atoms with Crippen molar-refractivity contribution in [1.29, 1.82) is 0 Å². The number of carbonyl (C=O) groups is 1. The molecule has 0 aromatic carbocycles. The summed E-state index contributed by atoms with van der Waals surface area (Å²) in [5.41, 5.74) is -0.299. The van der Waals surface area contributed by atoms with Crippen LogP contribution in [0, 0.1) is 11.3 Å². The lowest BCUT2D eigenvalue weighted by Crippen LogP contribution is -2.60. The molecule has 1 saturated carbocycles. The van der Waals surface area contributed by atoms with Gasteiger partial charge in [0.15, 0.2) is 0 Å². The van der Waals surface area contributed by atoms with Crippen LogP contribution in [-0.2, 0) is 4.79 Å². The third-order valence-electron chi connectivity index (χ3n) is 5.84. The second kappa shape index (κ2) is 6.66. The first-order chi connectivity index (χ1) is 10.0. The maximum absolute atomic E-state index is 12.0. The van der Waals surface area contributed by atoms with Crippen LogP contribution < -0.4 is 5.32 Å². The third-order valence-corrected chi connectivity index (χ3v) is 5.84. The Morgan fingerprint density at radius 1 is 1.33 bits per heavy atom. The molecule has 1 aliphatic heterocycles. The number of nitrogens with one attached hydrogen (secondary N) is 1. The standard InChI is InChI=1S/C17H32N2O2/c1-4-10-18-17(15(20)21,14-7-8-14)13-19-11-9-16(5-2,6-3)12-19/h14,18H,4-13H2,1-3H3,(H,20,21). The number of likely N-dealkylation sites (tertiary alicyclic amines) is 1. The van der Waals surface area contributed by atoms with Gasteiger partial charge in [0.1, 0.15) is 5.54 Å². The van der Waals surface area contributed by atoms with Crippen molar-refractivity contribution in [2.75, 3.05) is 26.2 Å². The summed E-state index contributed by atoms with van der Waals surface area (Å²) in [4.78, 5) is 14.4. The molecular formula is C17H32N2O2. The molecule has 0 radical (unpaired) electrons. The fourth-order valence-corrected chi connectivity index (χ4v) is 3.91. The molecule has 0 bridgehead atoms. The number of rotatable bonds is 9. The van der Waals surface area contributed by atoms with Gasteiger partial charge in [-0.05, 0) is 62.9 Å². The fourth-order valence-electron chi connectivity index (χ4n) is 3.91. The summed E-state index contributed by atoms with van der Waals surface area (Å²) < 4.78 is 0. The van der Waals surface area contributed by atoms with Crippen molar-refractivity contribution in [3.63, 3.8) is 0 Å². The van der Waals surface area contributed by atoms with Gasteiger partial charge in [-0.25, -0.2) is 0 Å². The first-order valence-corrected chi connectivity index (χ1v) is 8.72. The first-order valence-electron chi connectivity index (χ1n) is 8.72. The summed E-state index contributed by atoms with van der Waals surface area (Å²) in [5.74, 6) is -0.330. The zero-order chi connectivity index (χ0) is 15.5. The molecule has 1 aliphatic carbocycles. The highest BCUT2D eigenvalue weighted by atomic mass is 16.4. The Balaban J connectivity index is 2.07. The lowest BCUT2D eigenvalue weighted by molar-refractivity contribution is -0.147. The first kappa shape index (κ1) is 16.8. The van der Waals surface area contributed by atoms with Crippen molar-refractivity contribution in [3.8, 4) is 0 Å². The molecule has 2 N–H and O–H groups in total. The predicted molar refractivity (Wildman–Crippen MR) is 85.5 cm³/mol. The lowest BCUT2D eigenvalue weighted by atomic mass is 9.82. The van der Waals surface area contributed by atoms with E-state index < -0.39 is 11.5 Å². The molecule has 1 atom stereocenters. The predicted octanol–water partition coefficient (Wildman–Crippen LogP) is 2.73. The maximum atomic E-state index is 12.0. The van der Waals surface area contributed by atoms with Crippen LogP contribution in [0.3, 0.4) is 0 Å². The van der Waals surface area contributed by atoms with Crippen molar-refractivity contribution in [3.05, 3.63) is 0 Å². The molecule has 2 rings (SSSR count). The quantitative estimate of drug-likeness (QED) is 0.687. The van der Waals surface area contributed by atoms with E-state index in [0.717, 1.165) is 38.9 Å². The van der Waals surface area contributed by atoms with Crippen LogP contribution in [-0.4, -0.2) is 47.7 Å². The van der Waals surface area contributed by atoms with Gasteiger partial charge in [0.2, 0.25) is 0 Å². The van der Waals surface area contributed by atoms with Gasteiger partial charge in [-0.15, -0.1) is 0 Å². The van der Waals surface area contributed by atoms with Gasteiger partial charge < -0.3 is 15.3 Å². The molecule has 0 spiro atoms. The van der Waals surface area contributed by atoms with Gasteiger partial charge >= 0.3 is 5.97 Å². The van der Waals surface area contributed by atoms with Crippen LogP contribution in [0.25, 0.3) is 0 Å². The van der Waals surface area contributed by atoms with E-state index in [2.05, 4.69) is 31.0 Å². The van der Waals surface area contributed by atoms with Gasteiger partial charge in [-0.1, -0.05) is 20.8 Å². The number of carboxylic acid groups (broad SMARTS) is 1. The fraction of sp³-hybridized carbons (Fsp3) is 0.941. The number of aliphatic carboxylic acids is 1. The Morgan fingerprint density at radius 3 is 2.43 bits per heavy atom. The van der Waals surface area contributed by atoms with Crippen LogP contribution in [0.5, 0.6) is 0 Å². The monoisotopic (exact) mass is 296 g/mol. The molecule has 122 valence electrons. The second-order valence-corrected chi connectivity index (χ2v) is 7.15. The van der Waals surface area contributed by atoms with E-state index in [-0.39, 0.29) is 0 Å². The molecule has 0 amide bonds. The second-order valence-electron chi connectivity index (χ2n) is 7.15. The molecule has 2 fully saturated rings. The summed E-state index contributed by atoms with van der Waals surface area (Å²) in [6.45, 7) is 10.2. The van der Waals surface area contributed by atoms with E-state index in [1.807, 2.05) is 0 Å². The molecule has 1 heterocycles. The van der Waals surface area contributed by atoms with Gasteiger partial charge in [0, 0.05) is 13.1 Å². The van der Waals surface area contributed by atoms with E-state index in [0.29, 0.717) is 17.9 Å². The Kier molecular flexibility index (Phi) is 5.31. The molecular weight excluding hydrogens is 264 g/mol. The summed E-state index contributed by atoms with van der Waals surface area (Å²) in [6, 6.07) is 0. The van der Waals surface area contributed by atoms with Gasteiger partial charge in [0.25, 0.3) is 0 Å². The Labute approximate surface area is 129 Å². The minimum Gasteiger partial charge on any atom is -0.480 e. The highest BCUT2D eigenvalue weighted by molar-refractivity contribution is 5.80. The van der Waals surface area contributed by atoms with Crippen LogP contribution in [0.15, 0.2) is 0 Å². The molecule has 2 aliphatic rings. The normalized spacial score (nSPS) is 24.9. The number of hydrogen-bond donors (Lipinski definition) is 2. The van der Waals surface area contributed by atoms with E-state index in [9.17, 15) is 9.90 Å². The molecule has 1 unspecified atom stereocenters. The Hall–Kier alpha value is -0.610. The van der Waals surface area contributed by atoms with Crippen molar-refractivity contribution < 1.29 is 9.90 Å². The van der Waals surface area contributed by atoms with E-state index in [4.69, 9.17) is 0 Å². The molecule has 1 saturated heterocycles. The maximum Gasteiger partial charge on any atom is 0.325 e. The van der Waals surface area contributed by atoms with Crippen LogP contribution >= 0.6 is 0 Å². The molecule has 4 heteroatoms. The molecule has 4 nitrogen and oxygen atoms in total. The molecule has 0 aromatic rings. The SMILES string of the molecule is CCCNC(CN1CCC(CC)(CC)C1)(C(=O)O)C1CC1. The molecule has 0 aromatic heterocycles. The number of hydrogen-bond acceptors (Lipinski definition) is 3. The zero-order valence-electron chi connectivity index (χ0n) is 14.0. The average molecular weight is 296 g/mol. The van der Waals surface area contributed by atoms with Gasteiger partial charge in [-0.2, -0.15) is 0 Å². The van der Waals surface area contributed by atoms with E-state index >= 15 is 0 Å². The number of carboxylic acids is 1. The third kappa shape index (κ3) is 3.42. The van der Waals surface area contributed by atoms with Crippen molar-refractivity contribution in [2.45, 2.75) is 64.8 Å². The topological polar surface area (TPSA) is 52.6 Å².